The number of aliphatic hydroxyl groups excluding tert-OH is 2. The first-order valence-corrected chi connectivity index (χ1v) is 14.5. The summed E-state index contributed by atoms with van der Waals surface area (Å²) in [6, 6.07) is 0. The molecule has 10 nitrogen and oxygen atoms in total. The molecule has 3 unspecified atom stereocenters. The van der Waals surface area contributed by atoms with Crippen LogP contribution in [-0.2, 0) is 13.2 Å². The molecule has 0 aromatic carbocycles. The van der Waals surface area contributed by atoms with Gasteiger partial charge in [-0.2, -0.15) is 0 Å². The Hall–Kier alpha value is -0.630. The Bertz CT molecular complexity index is 851. The summed E-state index contributed by atoms with van der Waals surface area (Å²) in [5.41, 5.74) is 1.35. The minimum absolute atomic E-state index is 0.266. The van der Waals surface area contributed by atoms with Gasteiger partial charge in [0.25, 0.3) is 7.57 Å². The number of allylic oxidation sites excluding steroid dienone is 1. The number of hydrogen-bond donors (Lipinski definition) is 7. The van der Waals surface area contributed by atoms with Gasteiger partial charge in [0.15, 0.2) is 0 Å². The van der Waals surface area contributed by atoms with E-state index in [1.54, 1.807) is 12.9 Å². The molecule has 166 valence electrons. The van der Waals surface area contributed by atoms with Crippen LogP contribution in [0.2, 0.25) is 0 Å². The lowest BCUT2D eigenvalue weighted by Crippen LogP contribution is -2.34. The molecule has 1 aliphatic heterocycles. The molecule has 2 aliphatic rings. The minimum Gasteiger partial charge on any atom is -0.390 e. The maximum Gasteiger partial charge on any atom is 0.476 e. The molecular weight excluding hydrogens is 441 g/mol. The Labute approximate surface area is 170 Å². The molecule has 7 N–H and O–H groups in total. The van der Waals surface area contributed by atoms with Gasteiger partial charge in [-0.3, -0.25) is 4.31 Å². The average molecular weight is 470 g/mol. The molecule has 2 rings (SSSR count). The molecule has 6 atom stereocenters. The summed E-state index contributed by atoms with van der Waals surface area (Å²) in [5.74, 6) is -0.0294. The summed E-state index contributed by atoms with van der Waals surface area (Å²) >= 11 is 0. The molecular formula is C16H29N2O8P3. The van der Waals surface area contributed by atoms with Crippen molar-refractivity contribution >= 4 is 35.1 Å². The van der Waals surface area contributed by atoms with E-state index in [-0.39, 0.29) is 11.8 Å². The van der Waals surface area contributed by atoms with E-state index in [9.17, 15) is 19.7 Å². The van der Waals surface area contributed by atoms with E-state index in [2.05, 4.69) is 40.7 Å². The van der Waals surface area contributed by atoms with Crippen LogP contribution in [0.5, 0.6) is 0 Å². The van der Waals surface area contributed by atoms with Gasteiger partial charge in [0.05, 0.1) is 18.0 Å². The van der Waals surface area contributed by atoms with Crippen LogP contribution in [-0.4, -0.2) is 62.5 Å². The van der Waals surface area contributed by atoms with Crippen LogP contribution in [0.15, 0.2) is 36.4 Å². The van der Waals surface area contributed by atoms with Gasteiger partial charge in [0, 0.05) is 24.9 Å². The van der Waals surface area contributed by atoms with Crippen LogP contribution in [0.1, 0.15) is 12.8 Å². The molecule has 0 saturated heterocycles. The quantitative estimate of drug-likeness (QED) is 0.256. The van der Waals surface area contributed by atoms with Gasteiger partial charge in [0.1, 0.15) is 0 Å². The second-order valence-electron chi connectivity index (χ2n) is 7.51. The van der Waals surface area contributed by atoms with E-state index in [0.29, 0.717) is 30.5 Å². The number of aliphatic hydroxyl groups is 2. The highest BCUT2D eigenvalue weighted by molar-refractivity contribution is 7.79. The summed E-state index contributed by atoms with van der Waals surface area (Å²) in [6.45, 7) is 9.28. The Morgan fingerprint density at radius 3 is 2.34 bits per heavy atom. The average Bonchev–Trinajstić information content (AvgIpc) is 2.78. The molecule has 0 radical (unpaired) electrons. The van der Waals surface area contributed by atoms with E-state index in [1.807, 2.05) is 0 Å². The van der Waals surface area contributed by atoms with Crippen molar-refractivity contribution in [1.82, 2.24) is 10.6 Å². The van der Waals surface area contributed by atoms with Crippen LogP contribution < -0.4 is 10.6 Å². The predicted molar refractivity (Wildman–Crippen MR) is 116 cm³/mol. The van der Waals surface area contributed by atoms with Crippen molar-refractivity contribution in [2.45, 2.75) is 25.0 Å². The van der Waals surface area contributed by atoms with Gasteiger partial charge < -0.3 is 35.5 Å². The van der Waals surface area contributed by atoms with E-state index in [4.69, 9.17) is 14.1 Å². The standard InChI is InChI=1S/C16H29N2O8P3/c1-10-14(9-17-11(2)18-10)13-8-12(15(19)16(13)20)6-7-27(3,4)25-28(5,21)26-29(22,23)24/h9,12-13,15-21H,1-3,5-8H2,4H3,(H2,22,23,24)/t12-,13-,15?,16+,27?,28?/m0/s1. The molecule has 0 amide bonds. The summed E-state index contributed by atoms with van der Waals surface area (Å²) < 4.78 is 20.5. The van der Waals surface area contributed by atoms with E-state index in [1.165, 1.54) is 0 Å². The number of nitrogens with one attached hydrogen (secondary N) is 2. The third kappa shape index (κ3) is 6.94. The van der Waals surface area contributed by atoms with Gasteiger partial charge in [-0.25, -0.2) is 8.88 Å². The molecule has 0 bridgehead atoms. The fraction of sp³-hybridized carbons (Fsp3) is 0.500. The maximum atomic E-state index is 10.9. The SMILES string of the molecule is C=C1NC=C([C@@H]2C[C@H](CCP(=C)(C)OP(=C)(O)OP(=O)(O)O)C(O)[C@@H]2O)C(=C)N1. The first-order valence-electron chi connectivity index (χ1n) is 8.72. The number of rotatable bonds is 8. The molecule has 13 heteroatoms. The largest absolute Gasteiger partial charge is 0.476 e. The Kier molecular flexibility index (Phi) is 7.52. The zero-order valence-electron chi connectivity index (χ0n) is 16.1. The van der Waals surface area contributed by atoms with Gasteiger partial charge >= 0.3 is 7.82 Å². The van der Waals surface area contributed by atoms with Crippen LogP contribution in [0.25, 0.3) is 0 Å². The van der Waals surface area contributed by atoms with Crippen molar-refractivity contribution < 1.29 is 38.1 Å². The molecule has 1 heterocycles. The monoisotopic (exact) mass is 470 g/mol. The fourth-order valence-corrected chi connectivity index (χ4v) is 8.95. The van der Waals surface area contributed by atoms with Crippen LogP contribution in [0.4, 0.5) is 0 Å². The molecule has 0 aromatic heterocycles. The summed E-state index contributed by atoms with van der Waals surface area (Å²) in [6.07, 6.45) is 8.12. The van der Waals surface area contributed by atoms with E-state index < -0.39 is 34.7 Å². The zero-order chi connectivity index (χ0) is 22.2. The smallest absolute Gasteiger partial charge is 0.390 e. The highest BCUT2D eigenvalue weighted by atomic mass is 31.3. The van der Waals surface area contributed by atoms with Crippen molar-refractivity contribution in [2.75, 3.05) is 12.8 Å². The Morgan fingerprint density at radius 2 is 1.79 bits per heavy atom. The lowest BCUT2D eigenvalue weighted by Gasteiger charge is -2.28. The second kappa shape index (κ2) is 8.85. The molecule has 29 heavy (non-hydrogen) atoms. The normalized spacial score (nSPS) is 32.0. The lowest BCUT2D eigenvalue weighted by atomic mass is 9.92. The van der Waals surface area contributed by atoms with Crippen LogP contribution >= 0.6 is 22.5 Å². The highest BCUT2D eigenvalue weighted by Gasteiger charge is 2.44. The molecule has 1 aliphatic carbocycles. The van der Waals surface area contributed by atoms with E-state index >= 15 is 0 Å². The predicted octanol–water partition coefficient (Wildman–Crippen LogP) is 1.10. The zero-order valence-corrected chi connectivity index (χ0v) is 18.8. The molecule has 0 spiro atoms. The molecule has 0 aromatic rings. The summed E-state index contributed by atoms with van der Waals surface area (Å²) in [5, 5.41) is 26.9. The Balaban J connectivity index is 2.01. The van der Waals surface area contributed by atoms with Crippen molar-refractivity contribution in [3.63, 3.8) is 0 Å². The van der Waals surface area contributed by atoms with Crippen LogP contribution in [0.3, 0.4) is 0 Å². The van der Waals surface area contributed by atoms with Crippen LogP contribution in [0, 0.1) is 11.8 Å². The minimum atomic E-state index is -4.97. The van der Waals surface area contributed by atoms with E-state index in [0.717, 1.165) is 5.57 Å². The number of hydrogen-bond acceptors (Lipinski definition) is 8. The topological polar surface area (TPSA) is 161 Å². The first kappa shape index (κ1) is 24.6. The first-order chi connectivity index (χ1) is 13.1. The molecule has 1 saturated carbocycles. The lowest BCUT2D eigenvalue weighted by molar-refractivity contribution is 0.00882. The second-order valence-corrected chi connectivity index (χ2v) is 14.1. The highest BCUT2D eigenvalue weighted by Crippen LogP contribution is 2.66. The van der Waals surface area contributed by atoms with Crippen molar-refractivity contribution in [2.24, 2.45) is 11.8 Å². The van der Waals surface area contributed by atoms with Gasteiger partial charge in [-0.15, -0.1) is 0 Å². The number of phosphoric acid groups is 1. The summed E-state index contributed by atoms with van der Waals surface area (Å²) in [7, 11) is -11.5. The Morgan fingerprint density at radius 1 is 1.17 bits per heavy atom. The summed E-state index contributed by atoms with van der Waals surface area (Å²) in [4.78, 5) is 27.7. The third-order valence-electron chi connectivity index (χ3n) is 4.78. The van der Waals surface area contributed by atoms with Crippen molar-refractivity contribution in [3.05, 3.63) is 36.4 Å². The van der Waals surface area contributed by atoms with Gasteiger partial charge in [-0.05, 0) is 43.5 Å². The third-order valence-corrected chi connectivity index (χ3v) is 10.5. The fourth-order valence-electron chi connectivity index (χ4n) is 3.56. The van der Waals surface area contributed by atoms with Crippen molar-refractivity contribution in [1.29, 1.82) is 0 Å². The van der Waals surface area contributed by atoms with Crippen molar-refractivity contribution in [3.8, 4) is 0 Å². The van der Waals surface area contributed by atoms with Gasteiger partial charge in [-0.1, -0.05) is 19.5 Å². The van der Waals surface area contributed by atoms with Gasteiger partial charge in [0.2, 0.25) is 0 Å². The maximum absolute atomic E-state index is 10.9. The molecule has 1 fully saturated rings.